The predicted molar refractivity (Wildman–Crippen MR) is 127 cm³/mol. The Hall–Kier alpha value is -3.78. The van der Waals surface area contributed by atoms with E-state index in [4.69, 9.17) is 18.9 Å². The van der Waals surface area contributed by atoms with Crippen molar-refractivity contribution in [1.82, 2.24) is 9.47 Å². The number of hydrogen-bond acceptors (Lipinski definition) is 6. The smallest absolute Gasteiger partial charge is 0.415 e. The Morgan fingerprint density at radius 1 is 1.18 bits per heavy atom. The number of carbonyl (C=O) groups excluding carboxylic acids is 2. The molecule has 8 nitrogen and oxygen atoms in total. The van der Waals surface area contributed by atoms with E-state index in [0.29, 0.717) is 48.9 Å². The summed E-state index contributed by atoms with van der Waals surface area (Å²) in [6.07, 6.45) is 3.32. The summed E-state index contributed by atoms with van der Waals surface area (Å²) in [6, 6.07) is 9.16. The van der Waals surface area contributed by atoms with Gasteiger partial charge in [-0.3, -0.25) is 4.79 Å². The molecule has 0 atom stereocenters. The second kappa shape index (κ2) is 8.87. The average molecular weight is 463 g/mol. The quantitative estimate of drug-likeness (QED) is 0.534. The number of allylic oxidation sites excluding steroid dienone is 1. The molecule has 0 unspecified atom stereocenters. The number of nitrogens with zero attached hydrogens (tertiary/aromatic N) is 2. The van der Waals surface area contributed by atoms with Crippen molar-refractivity contribution in [2.45, 2.75) is 20.4 Å². The Balaban J connectivity index is 1.45. The first-order valence-electron chi connectivity index (χ1n) is 11.3. The summed E-state index contributed by atoms with van der Waals surface area (Å²) in [7, 11) is 1.63. The van der Waals surface area contributed by atoms with Gasteiger partial charge in [-0.05, 0) is 50.3 Å². The Morgan fingerprint density at radius 2 is 1.97 bits per heavy atom. The maximum absolute atomic E-state index is 13.1. The van der Waals surface area contributed by atoms with Crippen molar-refractivity contribution in [1.29, 1.82) is 0 Å². The van der Waals surface area contributed by atoms with Gasteiger partial charge in [-0.15, -0.1) is 0 Å². The van der Waals surface area contributed by atoms with Crippen molar-refractivity contribution < 1.29 is 28.5 Å². The third kappa shape index (κ3) is 3.80. The summed E-state index contributed by atoms with van der Waals surface area (Å²) in [6.45, 7) is 6.59. The standard InChI is InChI=1S/C26H26N2O6/c1-4-27-15-17(20-14-18(31-3)5-7-21(20)27)13-23-24(29)19-6-8-22(16(2)25(19)33-23)34-26(30)28-9-11-32-12-10-28/h5-8,13-15H,4,9-12H2,1-3H3. The number of benzene rings is 2. The third-order valence-corrected chi connectivity index (χ3v) is 6.25. The molecule has 0 radical (unpaired) electrons. The molecule has 0 spiro atoms. The highest BCUT2D eigenvalue weighted by Gasteiger charge is 2.31. The first-order chi connectivity index (χ1) is 16.5. The fourth-order valence-corrected chi connectivity index (χ4v) is 4.33. The number of amides is 1. The summed E-state index contributed by atoms with van der Waals surface area (Å²) in [4.78, 5) is 27.2. The zero-order valence-corrected chi connectivity index (χ0v) is 19.4. The van der Waals surface area contributed by atoms with Crippen LogP contribution in [0.15, 0.2) is 42.3 Å². The Morgan fingerprint density at radius 3 is 2.71 bits per heavy atom. The van der Waals surface area contributed by atoms with Crippen molar-refractivity contribution in [3.05, 3.63) is 59.0 Å². The number of hydrogen-bond donors (Lipinski definition) is 0. The lowest BCUT2D eigenvalue weighted by Gasteiger charge is -2.26. The number of carbonyl (C=O) groups is 2. The molecular formula is C26H26N2O6. The van der Waals surface area contributed by atoms with Gasteiger partial charge >= 0.3 is 6.09 Å². The molecule has 3 aromatic rings. The van der Waals surface area contributed by atoms with E-state index in [1.54, 1.807) is 37.1 Å². The molecule has 1 aromatic heterocycles. The molecule has 176 valence electrons. The molecule has 2 aliphatic rings. The van der Waals surface area contributed by atoms with Gasteiger partial charge in [0.1, 0.15) is 17.2 Å². The molecule has 8 heteroatoms. The normalized spacial score (nSPS) is 16.6. The number of aryl methyl sites for hydroxylation is 1. The Kier molecular flexibility index (Phi) is 5.75. The molecular weight excluding hydrogens is 436 g/mol. The third-order valence-electron chi connectivity index (χ3n) is 6.25. The monoisotopic (exact) mass is 462 g/mol. The predicted octanol–water partition coefficient (Wildman–Crippen LogP) is 4.43. The van der Waals surface area contributed by atoms with E-state index in [2.05, 4.69) is 11.5 Å². The van der Waals surface area contributed by atoms with Crippen LogP contribution in [0.2, 0.25) is 0 Å². The summed E-state index contributed by atoms with van der Waals surface area (Å²) in [5, 5.41) is 0.970. The summed E-state index contributed by atoms with van der Waals surface area (Å²) < 4.78 is 24.4. The van der Waals surface area contributed by atoms with Crippen molar-refractivity contribution in [2.24, 2.45) is 0 Å². The van der Waals surface area contributed by atoms with E-state index in [-0.39, 0.29) is 11.5 Å². The minimum atomic E-state index is -0.437. The average Bonchev–Trinajstić information content (AvgIpc) is 3.38. The molecule has 0 N–H and O–H groups in total. The second-order valence-electron chi connectivity index (χ2n) is 8.23. The number of Topliss-reactive ketones (excluding diaryl/α,β-unsaturated/α-hetero) is 1. The maximum Gasteiger partial charge on any atom is 0.415 e. The van der Waals surface area contributed by atoms with E-state index < -0.39 is 6.09 Å². The van der Waals surface area contributed by atoms with Crippen molar-refractivity contribution in [3.63, 3.8) is 0 Å². The van der Waals surface area contributed by atoms with Gasteiger partial charge in [0.05, 0.1) is 25.9 Å². The number of fused-ring (bicyclic) bond motifs is 2. The lowest BCUT2D eigenvalue weighted by molar-refractivity contribution is 0.0415. The minimum Gasteiger partial charge on any atom is -0.497 e. The number of morpholine rings is 1. The molecule has 2 aromatic carbocycles. The van der Waals surface area contributed by atoms with Crippen LogP contribution >= 0.6 is 0 Å². The first kappa shape index (κ1) is 22.0. The molecule has 2 aliphatic heterocycles. The van der Waals surface area contributed by atoms with Crippen molar-refractivity contribution in [2.75, 3.05) is 33.4 Å². The van der Waals surface area contributed by atoms with E-state index in [0.717, 1.165) is 28.8 Å². The van der Waals surface area contributed by atoms with Crippen LogP contribution in [0.25, 0.3) is 17.0 Å². The molecule has 1 saturated heterocycles. The summed E-state index contributed by atoms with van der Waals surface area (Å²) in [5.74, 6) is 1.56. The van der Waals surface area contributed by atoms with E-state index in [9.17, 15) is 9.59 Å². The van der Waals surface area contributed by atoms with Crippen LogP contribution < -0.4 is 14.2 Å². The van der Waals surface area contributed by atoms with E-state index in [1.165, 1.54) is 0 Å². The number of ketones is 1. The van der Waals surface area contributed by atoms with Gasteiger partial charge in [-0.2, -0.15) is 0 Å². The zero-order chi connectivity index (χ0) is 23.8. The minimum absolute atomic E-state index is 0.204. The second-order valence-corrected chi connectivity index (χ2v) is 8.23. The topological polar surface area (TPSA) is 79.2 Å². The van der Waals surface area contributed by atoms with Gasteiger partial charge in [0.2, 0.25) is 5.78 Å². The van der Waals surface area contributed by atoms with Gasteiger partial charge in [0, 0.05) is 47.9 Å². The van der Waals surface area contributed by atoms with Gasteiger partial charge in [0.25, 0.3) is 0 Å². The van der Waals surface area contributed by atoms with E-state index in [1.807, 2.05) is 24.4 Å². The van der Waals surface area contributed by atoms with Crippen LogP contribution in [-0.2, 0) is 11.3 Å². The Labute approximate surface area is 197 Å². The van der Waals surface area contributed by atoms with Crippen LogP contribution in [-0.4, -0.2) is 54.8 Å². The van der Waals surface area contributed by atoms with E-state index >= 15 is 0 Å². The van der Waals surface area contributed by atoms with Gasteiger partial charge in [-0.25, -0.2) is 4.79 Å². The van der Waals surface area contributed by atoms with Crippen LogP contribution in [0.4, 0.5) is 4.79 Å². The molecule has 5 rings (SSSR count). The summed E-state index contributed by atoms with van der Waals surface area (Å²) >= 11 is 0. The van der Waals surface area contributed by atoms with Gasteiger partial charge in [-0.1, -0.05) is 0 Å². The lowest BCUT2D eigenvalue weighted by atomic mass is 10.1. The van der Waals surface area contributed by atoms with Crippen LogP contribution in [0, 0.1) is 6.92 Å². The fraction of sp³-hybridized carbons (Fsp3) is 0.308. The number of ether oxygens (including phenoxy) is 4. The highest BCUT2D eigenvalue weighted by atomic mass is 16.6. The number of rotatable bonds is 4. The van der Waals surface area contributed by atoms with Crippen molar-refractivity contribution >= 4 is 28.9 Å². The molecule has 34 heavy (non-hydrogen) atoms. The van der Waals surface area contributed by atoms with Crippen LogP contribution in [0.1, 0.15) is 28.4 Å². The highest BCUT2D eigenvalue weighted by Crippen LogP contribution is 2.40. The largest absolute Gasteiger partial charge is 0.497 e. The lowest BCUT2D eigenvalue weighted by Crippen LogP contribution is -2.42. The molecule has 0 bridgehead atoms. The first-order valence-corrected chi connectivity index (χ1v) is 11.3. The molecule has 0 saturated carbocycles. The summed E-state index contributed by atoms with van der Waals surface area (Å²) in [5.41, 5.74) is 2.97. The van der Waals surface area contributed by atoms with Crippen molar-refractivity contribution in [3.8, 4) is 17.2 Å². The van der Waals surface area contributed by atoms with Crippen LogP contribution in [0.5, 0.6) is 17.2 Å². The van der Waals surface area contributed by atoms with Gasteiger partial charge in [0.15, 0.2) is 5.76 Å². The van der Waals surface area contributed by atoms with Crippen LogP contribution in [0.3, 0.4) is 0 Å². The fourth-order valence-electron chi connectivity index (χ4n) is 4.33. The Bertz CT molecular complexity index is 1320. The molecule has 0 aliphatic carbocycles. The molecule has 1 amide bonds. The molecule has 1 fully saturated rings. The maximum atomic E-state index is 13.1. The van der Waals surface area contributed by atoms with Gasteiger partial charge < -0.3 is 28.4 Å². The molecule has 3 heterocycles. The number of aromatic nitrogens is 1. The SMILES string of the molecule is CCn1cc(C=C2Oc3c(ccc(OC(=O)N4CCOCC4)c3C)C2=O)c2cc(OC)ccc21. The zero-order valence-electron chi connectivity index (χ0n) is 19.4. The highest BCUT2D eigenvalue weighted by molar-refractivity contribution is 6.15. The number of methoxy groups -OCH3 is 1.